The zero-order chi connectivity index (χ0) is 29.4. The minimum absolute atomic E-state index is 0.273. The number of esters is 2. The van der Waals surface area contributed by atoms with Crippen molar-refractivity contribution in [3.8, 4) is 0 Å². The maximum atomic E-state index is 13.3. The number of hydrogen-bond donors (Lipinski definition) is 1. The normalized spacial score (nSPS) is 18.0. The van der Waals surface area contributed by atoms with E-state index in [1.165, 1.54) is 21.4 Å². The highest BCUT2D eigenvalue weighted by Crippen LogP contribution is 2.20. The van der Waals surface area contributed by atoms with Gasteiger partial charge in [-0.15, -0.1) is 5.10 Å². The molecule has 0 bridgehead atoms. The van der Waals surface area contributed by atoms with Gasteiger partial charge in [0.1, 0.15) is 23.3 Å². The molecular weight excluding hydrogens is 562 g/mol. The van der Waals surface area contributed by atoms with E-state index in [4.69, 9.17) is 21.1 Å². The third-order valence-electron chi connectivity index (χ3n) is 6.10. The summed E-state index contributed by atoms with van der Waals surface area (Å²) in [6, 6.07) is 6.84. The molecule has 0 aromatic carbocycles. The van der Waals surface area contributed by atoms with Crippen molar-refractivity contribution in [1.82, 2.24) is 34.5 Å². The molecule has 4 aromatic heterocycles. The summed E-state index contributed by atoms with van der Waals surface area (Å²) in [7, 11) is 0. The van der Waals surface area contributed by atoms with Crippen molar-refractivity contribution >= 4 is 40.7 Å². The van der Waals surface area contributed by atoms with Crippen molar-refractivity contribution < 1.29 is 27.8 Å². The Morgan fingerprint density at radius 2 is 1.54 bits per heavy atom. The van der Waals surface area contributed by atoms with Crippen LogP contribution in [0.25, 0.3) is 11.3 Å². The Bertz CT molecular complexity index is 1480. The van der Waals surface area contributed by atoms with Crippen LogP contribution >= 0.6 is 11.6 Å². The van der Waals surface area contributed by atoms with E-state index in [0.717, 1.165) is 6.54 Å². The lowest BCUT2D eigenvalue weighted by molar-refractivity contribution is 0.0507. The second-order valence-electron chi connectivity index (χ2n) is 9.04. The summed E-state index contributed by atoms with van der Waals surface area (Å²) in [5.74, 6) is -0.282. The largest absolute Gasteiger partial charge is 0.461 e. The van der Waals surface area contributed by atoms with Gasteiger partial charge in [0.25, 0.3) is 0 Å². The zero-order valence-electron chi connectivity index (χ0n) is 22.7. The SMILES string of the molecule is CCOC(=O)c1cnc2ccc(Cl)nn12.CCOC(=O)c1cnc2ccc(N3CC[C@H](F)C3)nn12.F[C@H]1CCNC1. The van der Waals surface area contributed by atoms with Gasteiger partial charge in [0.05, 0.1) is 32.2 Å². The number of carbonyl (C=O) groups is 2. The molecule has 4 aromatic rings. The first kappa shape index (κ1) is 30.1. The Morgan fingerprint density at radius 3 is 2.02 bits per heavy atom. The summed E-state index contributed by atoms with van der Waals surface area (Å²) in [5.41, 5.74) is 1.67. The lowest BCUT2D eigenvalue weighted by atomic mass is 10.3. The number of nitrogens with one attached hydrogen (secondary N) is 1. The molecule has 2 fully saturated rings. The summed E-state index contributed by atoms with van der Waals surface area (Å²) in [4.78, 5) is 33.2. The predicted molar refractivity (Wildman–Crippen MR) is 147 cm³/mol. The lowest BCUT2D eigenvalue weighted by Gasteiger charge is -2.16. The number of ether oxygens (including phenoxy) is 2. The number of imidazole rings is 2. The number of carbonyl (C=O) groups excluding carboxylic acids is 2. The average Bonchev–Trinajstić information content (AvgIpc) is 3.76. The van der Waals surface area contributed by atoms with E-state index in [9.17, 15) is 18.4 Å². The fraction of sp³-hybridized carbons (Fsp3) is 0.462. The van der Waals surface area contributed by atoms with Crippen LogP contribution in [0.1, 0.15) is 47.7 Å². The first-order valence-electron chi connectivity index (χ1n) is 13.2. The van der Waals surface area contributed by atoms with E-state index in [-0.39, 0.29) is 11.4 Å². The molecule has 0 unspecified atom stereocenters. The highest BCUT2D eigenvalue weighted by Gasteiger charge is 2.24. The Kier molecular flexibility index (Phi) is 10.4. The van der Waals surface area contributed by atoms with Gasteiger partial charge in [-0.3, -0.25) is 0 Å². The zero-order valence-corrected chi connectivity index (χ0v) is 23.4. The maximum absolute atomic E-state index is 13.3. The van der Waals surface area contributed by atoms with Gasteiger partial charge in [-0.05, 0) is 57.5 Å². The molecule has 15 heteroatoms. The lowest BCUT2D eigenvalue weighted by Crippen LogP contribution is -2.22. The number of nitrogens with zero attached hydrogens (tertiary/aromatic N) is 7. The van der Waals surface area contributed by atoms with Crippen LogP contribution in [0.2, 0.25) is 5.15 Å². The second-order valence-corrected chi connectivity index (χ2v) is 9.42. The number of alkyl halides is 2. The number of halogens is 3. The third kappa shape index (κ3) is 7.64. The van der Waals surface area contributed by atoms with E-state index < -0.39 is 24.3 Å². The topological polar surface area (TPSA) is 128 Å². The Morgan fingerprint density at radius 1 is 0.927 bits per heavy atom. The first-order chi connectivity index (χ1) is 19.8. The fourth-order valence-corrected chi connectivity index (χ4v) is 4.26. The van der Waals surface area contributed by atoms with Crippen LogP contribution in [-0.4, -0.2) is 92.9 Å². The number of fused-ring (bicyclic) bond motifs is 2. The van der Waals surface area contributed by atoms with E-state index in [0.29, 0.717) is 68.0 Å². The molecule has 12 nitrogen and oxygen atoms in total. The van der Waals surface area contributed by atoms with Gasteiger partial charge >= 0.3 is 11.9 Å². The molecule has 0 saturated carbocycles. The first-order valence-corrected chi connectivity index (χ1v) is 13.6. The van der Waals surface area contributed by atoms with Crippen LogP contribution in [0.15, 0.2) is 36.7 Å². The quantitative estimate of drug-likeness (QED) is 0.345. The molecular formula is C26H31ClF2N8O4. The Balaban J connectivity index is 0.000000161. The second kappa shape index (κ2) is 14.1. The van der Waals surface area contributed by atoms with E-state index in [1.807, 2.05) is 4.90 Å². The van der Waals surface area contributed by atoms with Gasteiger partial charge in [0.15, 0.2) is 22.7 Å². The molecule has 2 aliphatic rings. The third-order valence-corrected chi connectivity index (χ3v) is 6.30. The summed E-state index contributed by atoms with van der Waals surface area (Å²) in [6.45, 7) is 6.48. The summed E-state index contributed by atoms with van der Waals surface area (Å²) in [6.07, 6.45) is 2.68. The molecule has 2 atom stereocenters. The highest BCUT2D eigenvalue weighted by molar-refractivity contribution is 6.29. The van der Waals surface area contributed by atoms with Crippen molar-refractivity contribution in [1.29, 1.82) is 0 Å². The number of hydrogen-bond acceptors (Lipinski definition) is 10. The van der Waals surface area contributed by atoms with Gasteiger partial charge in [-0.2, -0.15) is 5.10 Å². The molecule has 0 spiro atoms. The molecule has 6 heterocycles. The molecule has 2 saturated heterocycles. The van der Waals surface area contributed by atoms with Gasteiger partial charge in [-0.25, -0.2) is 37.4 Å². The van der Waals surface area contributed by atoms with Crippen molar-refractivity contribution in [2.45, 2.75) is 39.0 Å². The predicted octanol–water partition coefficient (Wildman–Crippen LogP) is 3.33. The standard InChI is InChI=1S/C13H15FN4O2.C9H8ClN3O2.C4H8FN/c1-2-20-13(19)10-7-15-11-3-4-12(16-18(10)11)17-6-5-9(14)8-17;1-2-15-9(14)6-5-11-8-4-3-7(10)12-13(6)8;5-4-1-2-6-3-4/h3-4,7,9H,2,5-6,8H2,1H3;3-5H,2H2,1H3;4,6H,1-3H2/t9-;;4-/m0.0/s1. The monoisotopic (exact) mass is 592 g/mol. The fourth-order valence-electron chi connectivity index (χ4n) is 4.12. The minimum Gasteiger partial charge on any atom is -0.461 e. The van der Waals surface area contributed by atoms with Gasteiger partial charge < -0.3 is 19.7 Å². The van der Waals surface area contributed by atoms with Gasteiger partial charge in [0, 0.05) is 13.1 Å². The average molecular weight is 593 g/mol. The molecule has 41 heavy (non-hydrogen) atoms. The van der Waals surface area contributed by atoms with Gasteiger partial charge in [0.2, 0.25) is 0 Å². The smallest absolute Gasteiger partial charge is 0.358 e. The molecule has 0 aliphatic carbocycles. The maximum Gasteiger partial charge on any atom is 0.358 e. The van der Waals surface area contributed by atoms with E-state index in [1.54, 1.807) is 38.1 Å². The summed E-state index contributed by atoms with van der Waals surface area (Å²) < 4.78 is 37.7. The molecule has 0 amide bonds. The van der Waals surface area contributed by atoms with Crippen molar-refractivity contribution in [3.05, 3.63) is 53.2 Å². The van der Waals surface area contributed by atoms with Crippen molar-refractivity contribution in [2.75, 3.05) is 44.3 Å². The van der Waals surface area contributed by atoms with Gasteiger partial charge in [-0.1, -0.05) is 11.6 Å². The Hall–Kier alpha value is -3.91. The van der Waals surface area contributed by atoms with Crippen LogP contribution in [0.3, 0.4) is 0 Å². The highest BCUT2D eigenvalue weighted by atomic mass is 35.5. The number of aromatic nitrogens is 6. The molecule has 220 valence electrons. The van der Waals surface area contributed by atoms with E-state index in [2.05, 4.69) is 25.5 Å². The van der Waals surface area contributed by atoms with Crippen molar-refractivity contribution in [2.24, 2.45) is 0 Å². The number of rotatable bonds is 5. The molecule has 0 radical (unpaired) electrons. The van der Waals surface area contributed by atoms with Crippen LogP contribution in [0.4, 0.5) is 14.6 Å². The molecule has 2 aliphatic heterocycles. The molecule has 1 N–H and O–H groups in total. The molecule has 6 rings (SSSR count). The van der Waals surface area contributed by atoms with Crippen LogP contribution in [0, 0.1) is 0 Å². The summed E-state index contributed by atoms with van der Waals surface area (Å²) in [5, 5.41) is 11.5. The minimum atomic E-state index is -0.820. The van der Waals surface area contributed by atoms with Crippen molar-refractivity contribution in [3.63, 3.8) is 0 Å². The van der Waals surface area contributed by atoms with Crippen LogP contribution in [-0.2, 0) is 9.47 Å². The van der Waals surface area contributed by atoms with E-state index >= 15 is 0 Å². The van der Waals surface area contributed by atoms with Crippen LogP contribution in [0.5, 0.6) is 0 Å². The number of anilines is 1. The van der Waals surface area contributed by atoms with Crippen LogP contribution < -0.4 is 10.2 Å². The summed E-state index contributed by atoms with van der Waals surface area (Å²) >= 11 is 5.72. The Labute approximate surface area is 239 Å².